The third-order valence-electron chi connectivity index (χ3n) is 3.70. The molecule has 5 heteroatoms. The summed E-state index contributed by atoms with van der Waals surface area (Å²) < 4.78 is 5.16. The predicted octanol–water partition coefficient (Wildman–Crippen LogP) is 3.90. The summed E-state index contributed by atoms with van der Waals surface area (Å²) in [5.41, 5.74) is 1.76. The zero-order chi connectivity index (χ0) is 16.3. The molecule has 1 aromatic carbocycles. The smallest absolute Gasteiger partial charge is 0.263 e. The SMILES string of the molecule is COc1ccc(-c2nc(C)c(C(=O)N[C@@H](C)C(C)C)s2)cc1. The first kappa shape index (κ1) is 16.5. The lowest BCUT2D eigenvalue weighted by molar-refractivity contribution is 0.0934. The third kappa shape index (κ3) is 3.65. The Labute approximate surface area is 135 Å². The lowest BCUT2D eigenvalue weighted by atomic mass is 10.1. The number of nitrogens with one attached hydrogen (secondary N) is 1. The fourth-order valence-corrected chi connectivity index (χ4v) is 2.88. The van der Waals surface area contributed by atoms with Crippen LogP contribution in [0.4, 0.5) is 0 Å². The van der Waals surface area contributed by atoms with Crippen LogP contribution in [0.1, 0.15) is 36.1 Å². The van der Waals surface area contributed by atoms with Crippen molar-refractivity contribution in [3.63, 3.8) is 0 Å². The maximum absolute atomic E-state index is 12.4. The van der Waals surface area contributed by atoms with Gasteiger partial charge in [0.2, 0.25) is 0 Å². The Hall–Kier alpha value is -1.88. The minimum Gasteiger partial charge on any atom is -0.497 e. The van der Waals surface area contributed by atoms with Crippen LogP contribution in [0.25, 0.3) is 10.6 Å². The normalized spacial score (nSPS) is 12.3. The standard InChI is InChI=1S/C17H22N2O2S/c1-10(2)11(3)18-16(20)15-12(4)19-17(22-15)13-6-8-14(21-5)9-7-13/h6-11H,1-5H3,(H,18,20)/t11-/m0/s1. The summed E-state index contributed by atoms with van der Waals surface area (Å²) in [7, 11) is 1.64. The molecular formula is C17H22N2O2S. The monoisotopic (exact) mass is 318 g/mol. The molecule has 0 bridgehead atoms. The van der Waals surface area contributed by atoms with Gasteiger partial charge in [0.1, 0.15) is 15.6 Å². The molecule has 0 aliphatic carbocycles. The Morgan fingerprint density at radius 1 is 1.23 bits per heavy atom. The van der Waals surface area contributed by atoms with Gasteiger partial charge in [-0.15, -0.1) is 11.3 Å². The molecule has 0 fully saturated rings. The van der Waals surface area contributed by atoms with Crippen LogP contribution in [-0.4, -0.2) is 24.0 Å². The van der Waals surface area contributed by atoms with Gasteiger partial charge in [0.25, 0.3) is 5.91 Å². The van der Waals surface area contributed by atoms with Gasteiger partial charge < -0.3 is 10.1 Å². The number of thiazole rings is 1. The van der Waals surface area contributed by atoms with E-state index in [1.54, 1.807) is 7.11 Å². The highest BCUT2D eigenvalue weighted by atomic mass is 32.1. The van der Waals surface area contributed by atoms with Crippen molar-refractivity contribution in [3.8, 4) is 16.3 Å². The molecule has 0 radical (unpaired) electrons. The first-order valence-electron chi connectivity index (χ1n) is 7.35. The van der Waals surface area contributed by atoms with E-state index in [4.69, 9.17) is 4.74 Å². The zero-order valence-electron chi connectivity index (χ0n) is 13.6. The summed E-state index contributed by atoms with van der Waals surface area (Å²) in [5.74, 6) is 1.16. The lowest BCUT2D eigenvalue weighted by Crippen LogP contribution is -2.35. The topological polar surface area (TPSA) is 51.2 Å². The number of aryl methyl sites for hydroxylation is 1. The number of carbonyl (C=O) groups is 1. The molecule has 1 heterocycles. The lowest BCUT2D eigenvalue weighted by Gasteiger charge is -2.16. The van der Waals surface area contributed by atoms with Crippen LogP contribution in [0.15, 0.2) is 24.3 Å². The number of carbonyl (C=O) groups excluding carboxylic acids is 1. The van der Waals surface area contributed by atoms with E-state index < -0.39 is 0 Å². The fourth-order valence-electron chi connectivity index (χ4n) is 1.90. The summed E-state index contributed by atoms with van der Waals surface area (Å²) in [4.78, 5) is 17.6. The van der Waals surface area contributed by atoms with Crippen molar-refractivity contribution in [2.24, 2.45) is 5.92 Å². The van der Waals surface area contributed by atoms with Crippen LogP contribution in [-0.2, 0) is 0 Å². The summed E-state index contributed by atoms with van der Waals surface area (Å²) in [6.45, 7) is 8.07. The molecule has 1 amide bonds. The van der Waals surface area contributed by atoms with Gasteiger partial charge in [-0.25, -0.2) is 4.98 Å². The third-order valence-corrected chi connectivity index (χ3v) is 4.90. The van der Waals surface area contributed by atoms with E-state index in [1.807, 2.05) is 38.1 Å². The maximum Gasteiger partial charge on any atom is 0.263 e. The molecule has 0 aliphatic rings. The van der Waals surface area contributed by atoms with Crippen LogP contribution in [0.2, 0.25) is 0 Å². The molecule has 1 atom stereocenters. The average Bonchev–Trinajstić information content (AvgIpc) is 2.89. The number of methoxy groups -OCH3 is 1. The second-order valence-electron chi connectivity index (χ2n) is 5.67. The number of nitrogens with zero attached hydrogens (tertiary/aromatic N) is 1. The van der Waals surface area contributed by atoms with Crippen LogP contribution in [0.3, 0.4) is 0 Å². The molecule has 4 nitrogen and oxygen atoms in total. The second kappa shape index (κ2) is 6.92. The predicted molar refractivity (Wildman–Crippen MR) is 90.6 cm³/mol. The summed E-state index contributed by atoms with van der Waals surface area (Å²) in [5, 5.41) is 3.88. The van der Waals surface area contributed by atoms with E-state index in [0.717, 1.165) is 22.0 Å². The van der Waals surface area contributed by atoms with Gasteiger partial charge in [0.05, 0.1) is 12.8 Å². The number of aromatic nitrogens is 1. The molecule has 118 valence electrons. The minimum absolute atomic E-state index is 0.0454. The van der Waals surface area contributed by atoms with Crippen LogP contribution < -0.4 is 10.1 Å². The number of benzene rings is 1. The van der Waals surface area contributed by atoms with Gasteiger partial charge in [0, 0.05) is 11.6 Å². The quantitative estimate of drug-likeness (QED) is 0.909. The number of hydrogen-bond donors (Lipinski definition) is 1. The Bertz CT molecular complexity index is 647. The molecule has 1 aromatic heterocycles. The first-order valence-corrected chi connectivity index (χ1v) is 8.16. The van der Waals surface area contributed by atoms with Crippen molar-refractivity contribution in [3.05, 3.63) is 34.8 Å². The van der Waals surface area contributed by atoms with Crippen molar-refractivity contribution in [1.82, 2.24) is 10.3 Å². The van der Waals surface area contributed by atoms with E-state index in [-0.39, 0.29) is 11.9 Å². The highest BCUT2D eigenvalue weighted by Crippen LogP contribution is 2.29. The maximum atomic E-state index is 12.4. The molecule has 0 saturated carbocycles. The number of hydrogen-bond acceptors (Lipinski definition) is 4. The van der Waals surface area contributed by atoms with Crippen molar-refractivity contribution in [1.29, 1.82) is 0 Å². The molecule has 0 spiro atoms. The van der Waals surface area contributed by atoms with Crippen LogP contribution >= 0.6 is 11.3 Å². The molecule has 1 N–H and O–H groups in total. The summed E-state index contributed by atoms with van der Waals surface area (Å²) in [6.07, 6.45) is 0. The van der Waals surface area contributed by atoms with Crippen LogP contribution in [0.5, 0.6) is 5.75 Å². The summed E-state index contributed by atoms with van der Waals surface area (Å²) in [6, 6.07) is 7.84. The van der Waals surface area contributed by atoms with Gasteiger partial charge in [-0.1, -0.05) is 13.8 Å². The molecule has 0 aliphatic heterocycles. The van der Waals surface area contributed by atoms with Gasteiger partial charge in [-0.2, -0.15) is 0 Å². The first-order chi connectivity index (χ1) is 10.4. The highest BCUT2D eigenvalue weighted by molar-refractivity contribution is 7.17. The van der Waals surface area contributed by atoms with Crippen molar-refractivity contribution in [2.75, 3.05) is 7.11 Å². The van der Waals surface area contributed by atoms with E-state index >= 15 is 0 Å². The van der Waals surface area contributed by atoms with Crippen LogP contribution in [0, 0.1) is 12.8 Å². The Kier molecular flexibility index (Phi) is 5.19. The summed E-state index contributed by atoms with van der Waals surface area (Å²) >= 11 is 1.42. The van der Waals surface area contributed by atoms with E-state index in [1.165, 1.54) is 11.3 Å². The molecule has 22 heavy (non-hydrogen) atoms. The minimum atomic E-state index is -0.0454. The fraction of sp³-hybridized carbons (Fsp3) is 0.412. The zero-order valence-corrected chi connectivity index (χ0v) is 14.5. The average molecular weight is 318 g/mol. The Balaban J connectivity index is 2.21. The van der Waals surface area contributed by atoms with Gasteiger partial charge in [-0.3, -0.25) is 4.79 Å². The van der Waals surface area contributed by atoms with Gasteiger partial charge in [-0.05, 0) is 44.0 Å². The van der Waals surface area contributed by atoms with Crippen molar-refractivity contribution < 1.29 is 9.53 Å². The largest absolute Gasteiger partial charge is 0.497 e. The molecule has 2 rings (SSSR count). The molecule has 0 saturated heterocycles. The molecular weight excluding hydrogens is 296 g/mol. The number of ether oxygens (including phenoxy) is 1. The van der Waals surface area contributed by atoms with Crippen molar-refractivity contribution in [2.45, 2.75) is 33.7 Å². The van der Waals surface area contributed by atoms with Gasteiger partial charge >= 0.3 is 0 Å². The second-order valence-corrected chi connectivity index (χ2v) is 6.67. The number of amides is 1. The van der Waals surface area contributed by atoms with Gasteiger partial charge in [0.15, 0.2) is 0 Å². The highest BCUT2D eigenvalue weighted by Gasteiger charge is 2.19. The molecule has 2 aromatic rings. The van der Waals surface area contributed by atoms with E-state index in [2.05, 4.69) is 24.1 Å². The molecule has 0 unspecified atom stereocenters. The Morgan fingerprint density at radius 3 is 2.41 bits per heavy atom. The Morgan fingerprint density at radius 2 is 1.86 bits per heavy atom. The van der Waals surface area contributed by atoms with E-state index in [0.29, 0.717) is 10.8 Å². The number of rotatable bonds is 5. The van der Waals surface area contributed by atoms with E-state index in [9.17, 15) is 4.79 Å². The van der Waals surface area contributed by atoms with Crippen molar-refractivity contribution >= 4 is 17.2 Å².